The predicted octanol–water partition coefficient (Wildman–Crippen LogP) is -0.388. The Bertz CT molecular complexity index is 709. The first-order valence-corrected chi connectivity index (χ1v) is 9.23. The number of carbonyl (C=O) groups excluding carboxylic acids is 2. The zero-order valence-electron chi connectivity index (χ0n) is 18.4. The van der Waals surface area contributed by atoms with Gasteiger partial charge in [-0.25, -0.2) is 4.79 Å². The van der Waals surface area contributed by atoms with E-state index in [-0.39, 0.29) is 34.2 Å². The lowest BCUT2D eigenvalue weighted by Crippen LogP contribution is -2.30. The molecule has 0 spiro atoms. The van der Waals surface area contributed by atoms with Crippen molar-refractivity contribution in [3.8, 4) is 0 Å². The van der Waals surface area contributed by atoms with Gasteiger partial charge >= 0.3 is 35.8 Å². The van der Waals surface area contributed by atoms with E-state index < -0.39 is 72.3 Å². The van der Waals surface area contributed by atoms with E-state index in [1.54, 1.807) is 6.92 Å². The Morgan fingerprint density at radius 3 is 1.31 bits per heavy atom. The van der Waals surface area contributed by atoms with Crippen molar-refractivity contribution in [2.45, 2.75) is 60.4 Å². The molecule has 16 nitrogen and oxygen atoms in total. The Kier molecular flexibility index (Phi) is 34.6. The molecule has 0 aromatic heterocycles. The first kappa shape index (κ1) is 45.6. The summed E-state index contributed by atoms with van der Waals surface area (Å²) < 4.78 is 0. The van der Waals surface area contributed by atoms with E-state index in [0.29, 0.717) is 6.29 Å². The lowest BCUT2D eigenvalue weighted by molar-refractivity contribution is -0.150. The minimum absolute atomic E-state index is 0. The molecule has 0 saturated carbocycles. The molecule has 10 N–H and O–H groups in total. The molecule has 0 aliphatic carbocycles. The van der Waals surface area contributed by atoms with Gasteiger partial charge in [0.1, 0.15) is 18.2 Å². The summed E-state index contributed by atoms with van der Waals surface area (Å²) in [5.41, 5.74) is 9.99. The van der Waals surface area contributed by atoms with Crippen LogP contribution in [0.4, 0.5) is 0 Å². The van der Waals surface area contributed by atoms with E-state index >= 15 is 0 Å². The Hall–Kier alpha value is -3.92. The summed E-state index contributed by atoms with van der Waals surface area (Å²) in [5.74, 6) is -9.19. The maximum atomic E-state index is 10.2. The van der Waals surface area contributed by atoms with Crippen LogP contribution in [0.15, 0.2) is 0 Å². The van der Waals surface area contributed by atoms with Crippen molar-refractivity contribution in [3.63, 3.8) is 0 Å². The number of hydrogen-bond donors (Lipinski definition) is 8. The summed E-state index contributed by atoms with van der Waals surface area (Å²) in [4.78, 5) is 78.7. The molecule has 16 heteroatoms. The van der Waals surface area contributed by atoms with Gasteiger partial charge in [-0.05, 0) is 13.3 Å². The lowest BCUT2D eigenvalue weighted by atomic mass is 10.2. The Balaban J connectivity index is -0.0000000830. The fourth-order valence-electron chi connectivity index (χ4n) is 0.889. The predicted molar refractivity (Wildman–Crippen MR) is 124 cm³/mol. The fraction of sp³-hybridized carbons (Fsp3) is 0.600. The summed E-state index contributed by atoms with van der Waals surface area (Å²) in [6.45, 7) is 3.12. The third-order valence-electron chi connectivity index (χ3n) is 3.16. The number of aliphatic carboxylic acids is 6. The van der Waals surface area contributed by atoms with Gasteiger partial charge in [0.05, 0.1) is 12.3 Å². The van der Waals surface area contributed by atoms with Crippen molar-refractivity contribution >= 4 is 47.9 Å². The lowest BCUT2D eigenvalue weighted by Gasteiger charge is -2.01. The van der Waals surface area contributed by atoms with Crippen molar-refractivity contribution < 1.29 is 69.0 Å². The van der Waals surface area contributed by atoms with Crippen molar-refractivity contribution in [2.75, 3.05) is 6.54 Å². The van der Waals surface area contributed by atoms with Crippen LogP contribution < -0.4 is 11.5 Å². The quantitative estimate of drug-likeness (QED) is 0.0904. The van der Waals surface area contributed by atoms with Gasteiger partial charge in [0.2, 0.25) is 5.78 Å². The highest BCUT2D eigenvalue weighted by Crippen LogP contribution is 1.93. The molecule has 0 aliphatic rings. The fourth-order valence-corrected chi connectivity index (χ4v) is 0.889. The average molecular weight is 531 g/mol. The van der Waals surface area contributed by atoms with Crippen molar-refractivity contribution in [1.82, 2.24) is 0 Å². The molecule has 0 saturated heterocycles. The number of Topliss-reactive ketones (excluding diaryl/α,β-unsaturated/α-hetero) is 1. The van der Waals surface area contributed by atoms with Crippen LogP contribution in [0.2, 0.25) is 0 Å². The molecule has 0 fully saturated rings. The van der Waals surface area contributed by atoms with Gasteiger partial charge in [-0.1, -0.05) is 21.8 Å². The third kappa shape index (κ3) is 37.4. The Morgan fingerprint density at radius 2 is 1.14 bits per heavy atom. The molecule has 36 heavy (non-hydrogen) atoms. The second-order valence-electron chi connectivity index (χ2n) is 6.24. The number of ketones is 1. The highest BCUT2D eigenvalue weighted by atomic mass is 16.4. The van der Waals surface area contributed by atoms with E-state index in [9.17, 15) is 38.4 Å². The summed E-state index contributed by atoms with van der Waals surface area (Å²) in [7, 11) is 0. The van der Waals surface area contributed by atoms with Crippen molar-refractivity contribution in [3.05, 3.63) is 0 Å². The van der Waals surface area contributed by atoms with Gasteiger partial charge in [-0.3, -0.25) is 28.8 Å². The molecule has 212 valence electrons. The molecule has 0 aromatic rings. The SMILES string of the molecule is C.C.CC(C=O)C(=O)O.CC(CN)C(=O)O.NC(CCC(=O)O)C(=O)O.O=C(O)CCC(=O)C(=O)O. The van der Waals surface area contributed by atoms with Crippen LogP contribution >= 0.6 is 0 Å². The molecular formula is C20H38N2O14. The standard InChI is InChI=1S/C5H9NO4.C5H6O5.C4H9NO2.C4H6O3.2CH4/c2*6-3(5(9)10)1-2-4(7)8;2*1-3(2-5)4(6)7;;/h3H,1-2,6H2,(H,7,8)(H,9,10);1-2H2,(H,7,8)(H,9,10);3H,2,5H2,1H3,(H,6,7);2-3H,1H3,(H,6,7);2*1H4. The number of carboxylic acids is 6. The largest absolute Gasteiger partial charge is 0.481 e. The number of hydrogen-bond acceptors (Lipinski definition) is 10. The van der Waals surface area contributed by atoms with E-state index in [1.165, 1.54) is 6.92 Å². The van der Waals surface area contributed by atoms with Crippen LogP contribution in [0.3, 0.4) is 0 Å². The third-order valence-corrected chi connectivity index (χ3v) is 3.16. The zero-order valence-corrected chi connectivity index (χ0v) is 18.4. The van der Waals surface area contributed by atoms with Crippen LogP contribution in [-0.4, -0.2) is 91.1 Å². The normalized spacial score (nSPS) is 11.0. The zero-order chi connectivity index (χ0) is 28.0. The maximum absolute atomic E-state index is 10.2. The monoisotopic (exact) mass is 530 g/mol. The van der Waals surface area contributed by atoms with Crippen molar-refractivity contribution in [1.29, 1.82) is 0 Å². The first-order chi connectivity index (χ1) is 15.4. The molecule has 0 radical (unpaired) electrons. The first-order valence-electron chi connectivity index (χ1n) is 9.23. The minimum atomic E-state index is -1.58. The molecule has 0 aromatic carbocycles. The molecule has 0 heterocycles. The minimum Gasteiger partial charge on any atom is -0.481 e. The summed E-state index contributed by atoms with van der Waals surface area (Å²) in [6.07, 6.45) is -0.698. The van der Waals surface area contributed by atoms with Gasteiger partial charge in [0.25, 0.3) is 0 Å². The number of rotatable bonds is 12. The van der Waals surface area contributed by atoms with Gasteiger partial charge in [-0.15, -0.1) is 0 Å². The van der Waals surface area contributed by atoms with Crippen LogP contribution in [0.5, 0.6) is 0 Å². The molecule has 3 atom stereocenters. The van der Waals surface area contributed by atoms with Gasteiger partial charge in [0.15, 0.2) is 0 Å². The second kappa shape index (κ2) is 27.3. The highest BCUT2D eigenvalue weighted by Gasteiger charge is 2.13. The van der Waals surface area contributed by atoms with E-state index in [2.05, 4.69) is 0 Å². The molecule has 0 aliphatic heterocycles. The van der Waals surface area contributed by atoms with Crippen LogP contribution in [0.1, 0.15) is 54.4 Å². The summed E-state index contributed by atoms with van der Waals surface area (Å²) in [5, 5.41) is 48.3. The summed E-state index contributed by atoms with van der Waals surface area (Å²) >= 11 is 0. The summed E-state index contributed by atoms with van der Waals surface area (Å²) in [6, 6.07) is -1.06. The van der Waals surface area contributed by atoms with Crippen LogP contribution in [0, 0.1) is 11.8 Å². The highest BCUT2D eigenvalue weighted by molar-refractivity contribution is 6.32. The van der Waals surface area contributed by atoms with E-state index in [4.69, 9.17) is 42.1 Å². The number of carbonyl (C=O) groups is 8. The molecule has 0 rings (SSSR count). The molecular weight excluding hydrogens is 492 g/mol. The second-order valence-corrected chi connectivity index (χ2v) is 6.24. The van der Waals surface area contributed by atoms with E-state index in [1.807, 2.05) is 0 Å². The molecule has 0 bridgehead atoms. The molecule has 3 unspecified atom stereocenters. The topological polar surface area (TPSA) is 310 Å². The Labute approximate surface area is 207 Å². The van der Waals surface area contributed by atoms with Gasteiger partial charge < -0.3 is 46.9 Å². The van der Waals surface area contributed by atoms with Crippen LogP contribution in [0.25, 0.3) is 0 Å². The van der Waals surface area contributed by atoms with Crippen molar-refractivity contribution in [2.24, 2.45) is 23.3 Å². The Morgan fingerprint density at radius 1 is 0.722 bits per heavy atom. The smallest absolute Gasteiger partial charge is 0.372 e. The maximum Gasteiger partial charge on any atom is 0.372 e. The molecule has 0 amide bonds. The average Bonchev–Trinajstić information content (AvgIpc) is 2.75. The van der Waals surface area contributed by atoms with Gasteiger partial charge in [0, 0.05) is 19.4 Å². The van der Waals surface area contributed by atoms with Crippen LogP contribution in [-0.2, 0) is 38.4 Å². The van der Waals surface area contributed by atoms with Gasteiger partial charge in [-0.2, -0.15) is 0 Å². The van der Waals surface area contributed by atoms with E-state index in [0.717, 1.165) is 0 Å². The number of carboxylic acid groups (broad SMARTS) is 6. The number of nitrogens with two attached hydrogens (primary N) is 2. The number of aldehydes is 1.